The molecule has 0 aromatic carbocycles. The number of ether oxygens (including phenoxy) is 2. The maximum atomic E-state index is 12.8. The molecule has 1 fully saturated rings. The third-order valence-electron chi connectivity index (χ3n) is 3.94. The molecule has 1 aliphatic rings. The average Bonchev–Trinajstić information content (AvgIpc) is 2.61. The zero-order chi connectivity index (χ0) is 18.5. The molecule has 0 radical (unpaired) electrons. The van der Waals surface area contributed by atoms with E-state index >= 15 is 0 Å². The van der Waals surface area contributed by atoms with Crippen molar-refractivity contribution in [3.63, 3.8) is 0 Å². The van der Waals surface area contributed by atoms with Crippen molar-refractivity contribution in [3.05, 3.63) is 18.3 Å². The van der Waals surface area contributed by atoms with E-state index in [4.69, 9.17) is 4.74 Å². The zero-order valence-electron chi connectivity index (χ0n) is 14.3. The number of amides is 1. The molecule has 156 valence electrons. The summed E-state index contributed by atoms with van der Waals surface area (Å²) in [6, 6.07) is 2.59. The highest BCUT2D eigenvalue weighted by Gasteiger charge is 2.42. The van der Waals surface area contributed by atoms with Gasteiger partial charge in [0.05, 0.1) is 11.9 Å². The van der Waals surface area contributed by atoms with E-state index in [1.54, 1.807) is 0 Å². The van der Waals surface area contributed by atoms with E-state index in [2.05, 4.69) is 20.4 Å². The first-order chi connectivity index (χ1) is 11.8. The molecule has 0 unspecified atom stereocenters. The van der Waals surface area contributed by atoms with Gasteiger partial charge in [0.15, 0.2) is 6.61 Å². The fourth-order valence-corrected chi connectivity index (χ4v) is 2.37. The third kappa shape index (κ3) is 6.63. The number of nitrogens with zero attached hydrogens (tertiary/aromatic N) is 1. The summed E-state index contributed by atoms with van der Waals surface area (Å²) >= 11 is 0. The molecule has 2 heterocycles. The van der Waals surface area contributed by atoms with Gasteiger partial charge < -0.3 is 20.1 Å². The maximum absolute atomic E-state index is 12.8. The second kappa shape index (κ2) is 10.8. The van der Waals surface area contributed by atoms with Crippen LogP contribution in [0.25, 0.3) is 0 Å². The summed E-state index contributed by atoms with van der Waals surface area (Å²) in [5.74, 6) is -4.84. The lowest BCUT2D eigenvalue weighted by atomic mass is 9.91. The second-order valence-electron chi connectivity index (χ2n) is 5.64. The van der Waals surface area contributed by atoms with Crippen LogP contribution < -0.4 is 15.4 Å². The van der Waals surface area contributed by atoms with Crippen molar-refractivity contribution in [2.75, 3.05) is 32.1 Å². The monoisotopic (exact) mass is 437 g/mol. The molecule has 0 saturated carbocycles. The number of halogens is 6. The normalized spacial score (nSPS) is 16.1. The van der Waals surface area contributed by atoms with Gasteiger partial charge in [0, 0.05) is 13.2 Å². The van der Waals surface area contributed by atoms with E-state index in [-0.39, 0.29) is 36.6 Å². The summed E-state index contributed by atoms with van der Waals surface area (Å²) in [7, 11) is 1.46. The van der Waals surface area contributed by atoms with Crippen molar-refractivity contribution in [1.82, 2.24) is 10.3 Å². The molecule has 12 heteroatoms. The number of aromatic nitrogens is 1. The van der Waals surface area contributed by atoms with Crippen LogP contribution in [0.2, 0.25) is 0 Å². The molecular formula is C15H21Cl2F4N3O3. The fraction of sp³-hybridized carbons (Fsp3) is 0.600. The van der Waals surface area contributed by atoms with Crippen LogP contribution in [0.1, 0.15) is 12.8 Å². The molecule has 0 bridgehead atoms. The maximum Gasteiger partial charge on any atom is 0.340 e. The van der Waals surface area contributed by atoms with E-state index in [1.807, 2.05) is 0 Å². The molecule has 6 nitrogen and oxygen atoms in total. The van der Waals surface area contributed by atoms with E-state index in [0.29, 0.717) is 31.6 Å². The highest BCUT2D eigenvalue weighted by Crippen LogP contribution is 2.26. The van der Waals surface area contributed by atoms with Crippen molar-refractivity contribution in [2.24, 2.45) is 0 Å². The fourth-order valence-electron chi connectivity index (χ4n) is 2.37. The van der Waals surface area contributed by atoms with Crippen LogP contribution in [0.4, 0.5) is 23.2 Å². The first kappa shape index (κ1) is 25.6. The van der Waals surface area contributed by atoms with E-state index in [1.165, 1.54) is 25.4 Å². The van der Waals surface area contributed by atoms with Crippen LogP contribution in [0.15, 0.2) is 18.3 Å². The molecule has 0 atom stereocenters. The number of carbonyl (C=O) groups excluding carboxylic acids is 1. The Morgan fingerprint density at radius 2 is 1.96 bits per heavy atom. The van der Waals surface area contributed by atoms with Gasteiger partial charge in [0.2, 0.25) is 5.88 Å². The van der Waals surface area contributed by atoms with Gasteiger partial charge in [-0.1, -0.05) is 0 Å². The van der Waals surface area contributed by atoms with Crippen molar-refractivity contribution in [1.29, 1.82) is 0 Å². The Balaban J connectivity index is 0.00000338. The quantitative estimate of drug-likeness (QED) is 0.641. The smallest absolute Gasteiger partial charge is 0.340 e. The number of methoxy groups -OCH3 is 1. The van der Waals surface area contributed by atoms with Gasteiger partial charge in [-0.3, -0.25) is 4.79 Å². The third-order valence-corrected chi connectivity index (χ3v) is 3.94. The van der Waals surface area contributed by atoms with Gasteiger partial charge in [-0.2, -0.15) is 8.78 Å². The molecule has 1 aromatic rings. The number of piperidine rings is 1. The van der Waals surface area contributed by atoms with Gasteiger partial charge >= 0.3 is 12.3 Å². The Bertz CT molecular complexity index is 588. The highest BCUT2D eigenvalue weighted by molar-refractivity contribution is 5.97. The summed E-state index contributed by atoms with van der Waals surface area (Å²) < 4.78 is 59.6. The predicted molar refractivity (Wildman–Crippen MR) is 95.7 cm³/mol. The van der Waals surface area contributed by atoms with Gasteiger partial charge in [0.25, 0.3) is 5.91 Å². The Morgan fingerprint density at radius 1 is 1.33 bits per heavy atom. The molecule has 0 aliphatic carbocycles. The number of hydrogen-bond donors (Lipinski definition) is 2. The summed E-state index contributed by atoms with van der Waals surface area (Å²) in [6.45, 7) is -0.196. The average molecular weight is 438 g/mol. The Hall–Kier alpha value is -1.36. The molecule has 2 N–H and O–H groups in total. The molecular weight excluding hydrogens is 417 g/mol. The molecule has 1 amide bonds. The largest absolute Gasteiger partial charge is 0.471 e. The number of carbonyl (C=O) groups is 1. The molecule has 1 saturated heterocycles. The van der Waals surface area contributed by atoms with Crippen LogP contribution in [0, 0.1) is 0 Å². The van der Waals surface area contributed by atoms with Crippen LogP contribution in [-0.4, -0.2) is 55.6 Å². The Kier molecular flexibility index (Phi) is 10.3. The minimum absolute atomic E-state index is 0. The topological polar surface area (TPSA) is 72.5 Å². The summed E-state index contributed by atoms with van der Waals surface area (Å²) in [5.41, 5.74) is -0.632. The Labute approximate surface area is 166 Å². The summed E-state index contributed by atoms with van der Waals surface area (Å²) in [5, 5.41) is 5.77. The van der Waals surface area contributed by atoms with Crippen LogP contribution in [0.3, 0.4) is 0 Å². The highest BCUT2D eigenvalue weighted by atomic mass is 35.5. The standard InChI is InChI=1S/C15H19F4N3O3.2ClH/c1-24-14(4-6-20-7-5-14)13(23)22-10-2-3-11(21-8-10)25-9-15(18,19)12(16)17;;/h2-3,8,12,20H,4-7,9H2,1H3,(H,22,23);2*1H. The molecule has 2 rings (SSSR count). The van der Waals surface area contributed by atoms with Gasteiger partial charge in [-0.25, -0.2) is 13.8 Å². The molecule has 0 spiro atoms. The van der Waals surface area contributed by atoms with Crippen molar-refractivity contribution < 1.29 is 31.8 Å². The zero-order valence-corrected chi connectivity index (χ0v) is 16.0. The number of nitrogens with one attached hydrogen (secondary N) is 2. The van der Waals surface area contributed by atoms with E-state index in [0.717, 1.165) is 0 Å². The number of rotatable bonds is 7. The molecule has 1 aromatic heterocycles. The van der Waals surface area contributed by atoms with Gasteiger partial charge in [-0.05, 0) is 32.0 Å². The molecule has 1 aliphatic heterocycles. The minimum atomic E-state index is -4.26. The number of anilines is 1. The summed E-state index contributed by atoms with van der Waals surface area (Å²) in [4.78, 5) is 16.2. The number of alkyl halides is 4. The van der Waals surface area contributed by atoms with Crippen LogP contribution >= 0.6 is 24.8 Å². The molecule has 27 heavy (non-hydrogen) atoms. The second-order valence-corrected chi connectivity index (χ2v) is 5.64. The minimum Gasteiger partial charge on any atom is -0.471 e. The number of hydrogen-bond acceptors (Lipinski definition) is 5. The van der Waals surface area contributed by atoms with Crippen LogP contribution in [-0.2, 0) is 9.53 Å². The lowest BCUT2D eigenvalue weighted by molar-refractivity contribution is -0.148. The van der Waals surface area contributed by atoms with Crippen molar-refractivity contribution >= 4 is 36.4 Å². The van der Waals surface area contributed by atoms with E-state index < -0.39 is 24.6 Å². The predicted octanol–water partition coefficient (Wildman–Crippen LogP) is 2.91. The van der Waals surface area contributed by atoms with Gasteiger partial charge in [0.1, 0.15) is 5.60 Å². The lowest BCUT2D eigenvalue weighted by Gasteiger charge is -2.34. The SMILES string of the molecule is COC1(C(=O)Nc2ccc(OCC(F)(F)C(F)F)nc2)CCNCC1.Cl.Cl. The Morgan fingerprint density at radius 3 is 2.44 bits per heavy atom. The van der Waals surface area contributed by atoms with Gasteiger partial charge in [-0.15, -0.1) is 24.8 Å². The first-order valence-electron chi connectivity index (χ1n) is 7.61. The first-order valence-corrected chi connectivity index (χ1v) is 7.61. The summed E-state index contributed by atoms with van der Waals surface area (Å²) in [6.07, 6.45) is -1.61. The van der Waals surface area contributed by atoms with Crippen molar-refractivity contribution in [3.8, 4) is 5.88 Å². The number of pyridine rings is 1. The van der Waals surface area contributed by atoms with Crippen LogP contribution in [0.5, 0.6) is 5.88 Å². The lowest BCUT2D eigenvalue weighted by Crippen LogP contribution is -2.51. The van der Waals surface area contributed by atoms with E-state index in [9.17, 15) is 22.4 Å². The van der Waals surface area contributed by atoms with Crippen molar-refractivity contribution in [2.45, 2.75) is 30.8 Å².